The maximum absolute atomic E-state index is 11.5. The van der Waals surface area contributed by atoms with Gasteiger partial charge in [0.25, 0.3) is 0 Å². The van der Waals surface area contributed by atoms with Crippen LogP contribution in [-0.2, 0) is 9.84 Å². The molecule has 0 saturated carbocycles. The lowest BCUT2D eigenvalue weighted by Crippen LogP contribution is -1.97. The minimum atomic E-state index is -3.35. The van der Waals surface area contributed by atoms with Crippen LogP contribution >= 0.6 is 11.6 Å². The first-order valence-electron chi connectivity index (χ1n) is 5.16. The van der Waals surface area contributed by atoms with Gasteiger partial charge in [0.15, 0.2) is 9.84 Å². The van der Waals surface area contributed by atoms with Crippen LogP contribution in [0.3, 0.4) is 0 Å². The van der Waals surface area contributed by atoms with E-state index in [0.717, 1.165) is 11.8 Å². The molecule has 0 heterocycles. The highest BCUT2D eigenvalue weighted by Crippen LogP contribution is 2.28. The molecule has 0 saturated heterocycles. The first-order chi connectivity index (χ1) is 8.36. The maximum Gasteiger partial charge on any atom is 0.175 e. The molecule has 0 aliphatic heterocycles. The molecule has 0 unspecified atom stereocenters. The van der Waals surface area contributed by atoms with Crippen molar-refractivity contribution in [2.45, 2.75) is 4.90 Å². The van der Waals surface area contributed by atoms with E-state index >= 15 is 0 Å². The van der Waals surface area contributed by atoms with Crippen molar-refractivity contribution in [2.75, 3.05) is 6.26 Å². The average molecular weight is 283 g/mol. The zero-order valence-electron chi connectivity index (χ0n) is 9.59. The Bertz CT molecular complexity index is 676. The molecule has 1 N–H and O–H groups in total. The monoisotopic (exact) mass is 282 g/mol. The summed E-state index contributed by atoms with van der Waals surface area (Å²) >= 11 is 5.79. The van der Waals surface area contributed by atoms with Gasteiger partial charge in [-0.05, 0) is 41.5 Å². The largest absolute Gasteiger partial charge is 0.508 e. The summed E-state index contributed by atoms with van der Waals surface area (Å²) in [6, 6.07) is 11.2. The number of hydrogen-bond donors (Lipinski definition) is 1. The zero-order valence-corrected chi connectivity index (χ0v) is 11.2. The Morgan fingerprint density at radius 3 is 2.17 bits per heavy atom. The van der Waals surface area contributed by atoms with E-state index in [1.807, 2.05) is 0 Å². The maximum atomic E-state index is 11.5. The van der Waals surface area contributed by atoms with E-state index < -0.39 is 9.84 Å². The van der Waals surface area contributed by atoms with Gasteiger partial charge < -0.3 is 5.11 Å². The third kappa shape index (κ3) is 2.83. The van der Waals surface area contributed by atoms with E-state index in [4.69, 9.17) is 11.6 Å². The summed E-state index contributed by atoms with van der Waals surface area (Å²) < 4.78 is 23.0. The lowest BCUT2D eigenvalue weighted by Gasteiger charge is -2.06. The highest BCUT2D eigenvalue weighted by molar-refractivity contribution is 7.90. The Kier molecular flexibility index (Phi) is 3.32. The van der Waals surface area contributed by atoms with Crippen molar-refractivity contribution < 1.29 is 13.5 Å². The third-order valence-electron chi connectivity index (χ3n) is 2.50. The number of rotatable bonds is 2. The van der Waals surface area contributed by atoms with E-state index in [-0.39, 0.29) is 10.6 Å². The molecular weight excluding hydrogens is 272 g/mol. The molecule has 0 radical (unpaired) electrons. The third-order valence-corrected chi connectivity index (χ3v) is 3.84. The molecule has 0 aliphatic carbocycles. The van der Waals surface area contributed by atoms with Gasteiger partial charge in [-0.2, -0.15) is 0 Å². The van der Waals surface area contributed by atoms with Crippen molar-refractivity contribution in [1.82, 2.24) is 0 Å². The SMILES string of the molecule is CS(=O)(=O)c1cc(O)cc(-c2ccc(Cl)cc2)c1. The molecule has 18 heavy (non-hydrogen) atoms. The minimum absolute atomic E-state index is 0.0807. The summed E-state index contributed by atoms with van der Waals surface area (Å²) in [5.41, 5.74) is 1.42. The second kappa shape index (κ2) is 4.63. The van der Waals surface area contributed by atoms with E-state index in [1.165, 1.54) is 18.2 Å². The molecule has 94 valence electrons. The predicted molar refractivity (Wildman–Crippen MR) is 71.7 cm³/mol. The number of aromatic hydroxyl groups is 1. The van der Waals surface area contributed by atoms with E-state index in [1.54, 1.807) is 24.3 Å². The number of hydrogen-bond acceptors (Lipinski definition) is 3. The van der Waals surface area contributed by atoms with E-state index in [2.05, 4.69) is 0 Å². The van der Waals surface area contributed by atoms with Crippen LogP contribution in [-0.4, -0.2) is 19.8 Å². The summed E-state index contributed by atoms with van der Waals surface area (Å²) in [7, 11) is -3.35. The molecule has 0 spiro atoms. The molecule has 3 nitrogen and oxygen atoms in total. The molecule has 0 aromatic heterocycles. The lowest BCUT2D eigenvalue weighted by molar-refractivity contribution is 0.473. The predicted octanol–water partition coefficient (Wildman–Crippen LogP) is 3.12. The number of phenols is 1. The van der Waals surface area contributed by atoms with Crippen molar-refractivity contribution >= 4 is 21.4 Å². The van der Waals surface area contributed by atoms with Crippen LogP contribution in [0.5, 0.6) is 5.75 Å². The van der Waals surface area contributed by atoms with Gasteiger partial charge in [0.05, 0.1) is 4.90 Å². The van der Waals surface area contributed by atoms with Gasteiger partial charge in [-0.25, -0.2) is 8.42 Å². The molecule has 2 rings (SSSR count). The second-order valence-electron chi connectivity index (χ2n) is 3.99. The van der Waals surface area contributed by atoms with Gasteiger partial charge in [0, 0.05) is 11.3 Å². The van der Waals surface area contributed by atoms with E-state index in [0.29, 0.717) is 10.6 Å². The normalized spacial score (nSPS) is 11.4. The number of phenolic OH excluding ortho intramolecular Hbond substituents is 1. The van der Waals surface area contributed by atoms with Crippen LogP contribution in [0.25, 0.3) is 11.1 Å². The molecule has 2 aromatic carbocycles. The lowest BCUT2D eigenvalue weighted by atomic mass is 10.1. The Hall–Kier alpha value is -1.52. The molecule has 0 aliphatic rings. The number of sulfone groups is 1. The van der Waals surface area contributed by atoms with Gasteiger partial charge in [-0.3, -0.25) is 0 Å². The summed E-state index contributed by atoms with van der Waals surface area (Å²) in [6.07, 6.45) is 1.10. The first kappa shape index (κ1) is 12.9. The Morgan fingerprint density at radius 1 is 1.00 bits per heavy atom. The Balaban J connectivity index is 2.59. The number of benzene rings is 2. The highest BCUT2D eigenvalue weighted by Gasteiger charge is 2.10. The van der Waals surface area contributed by atoms with Crippen molar-refractivity contribution in [3.63, 3.8) is 0 Å². The van der Waals surface area contributed by atoms with Crippen LogP contribution in [0.2, 0.25) is 5.02 Å². The summed E-state index contributed by atoms with van der Waals surface area (Å²) in [5.74, 6) is -0.0807. The highest BCUT2D eigenvalue weighted by atomic mass is 35.5. The Labute approximate surface area is 111 Å². The average Bonchev–Trinajstić information content (AvgIpc) is 2.28. The summed E-state index contributed by atoms with van der Waals surface area (Å²) in [5, 5.41) is 10.2. The topological polar surface area (TPSA) is 54.4 Å². The first-order valence-corrected chi connectivity index (χ1v) is 7.43. The van der Waals surface area contributed by atoms with Crippen molar-refractivity contribution in [2.24, 2.45) is 0 Å². The van der Waals surface area contributed by atoms with Gasteiger partial charge in [0.1, 0.15) is 5.75 Å². The zero-order chi connectivity index (χ0) is 13.3. The van der Waals surface area contributed by atoms with Crippen molar-refractivity contribution in [3.05, 3.63) is 47.5 Å². The minimum Gasteiger partial charge on any atom is -0.508 e. The second-order valence-corrected chi connectivity index (χ2v) is 6.45. The van der Waals surface area contributed by atoms with Crippen LogP contribution in [0, 0.1) is 0 Å². The van der Waals surface area contributed by atoms with Crippen LogP contribution in [0.4, 0.5) is 0 Å². The standard InChI is InChI=1S/C13H11ClO3S/c1-18(16,17)13-7-10(6-12(15)8-13)9-2-4-11(14)5-3-9/h2-8,15H,1H3. The van der Waals surface area contributed by atoms with Crippen molar-refractivity contribution in [3.8, 4) is 16.9 Å². The molecule has 2 aromatic rings. The fourth-order valence-corrected chi connectivity index (χ4v) is 2.41. The number of halogens is 1. The van der Waals surface area contributed by atoms with Crippen LogP contribution in [0.15, 0.2) is 47.4 Å². The molecule has 0 fully saturated rings. The van der Waals surface area contributed by atoms with Gasteiger partial charge >= 0.3 is 0 Å². The van der Waals surface area contributed by atoms with Crippen LogP contribution in [0.1, 0.15) is 0 Å². The molecule has 0 atom stereocenters. The van der Waals surface area contributed by atoms with Crippen LogP contribution < -0.4 is 0 Å². The molecule has 0 amide bonds. The van der Waals surface area contributed by atoms with Gasteiger partial charge in [-0.15, -0.1) is 0 Å². The smallest absolute Gasteiger partial charge is 0.175 e. The fourth-order valence-electron chi connectivity index (χ4n) is 1.61. The summed E-state index contributed by atoms with van der Waals surface area (Å²) in [6.45, 7) is 0. The quantitative estimate of drug-likeness (QED) is 0.921. The van der Waals surface area contributed by atoms with E-state index in [9.17, 15) is 13.5 Å². The van der Waals surface area contributed by atoms with Crippen molar-refractivity contribution in [1.29, 1.82) is 0 Å². The molecule has 5 heteroatoms. The molecule has 0 bridgehead atoms. The van der Waals surface area contributed by atoms with Gasteiger partial charge in [-0.1, -0.05) is 23.7 Å². The molecular formula is C13H11ClO3S. The summed E-state index contributed by atoms with van der Waals surface area (Å²) in [4.78, 5) is 0.0902. The van der Waals surface area contributed by atoms with Gasteiger partial charge in [0.2, 0.25) is 0 Å². The Morgan fingerprint density at radius 2 is 1.61 bits per heavy atom. The fraction of sp³-hybridized carbons (Fsp3) is 0.0769.